The summed E-state index contributed by atoms with van der Waals surface area (Å²) in [5, 5.41) is 2.99. The largest absolute Gasteiger partial charge is 0.497 e. The van der Waals surface area contributed by atoms with E-state index < -0.39 is 0 Å². The van der Waals surface area contributed by atoms with E-state index in [2.05, 4.69) is 24.1 Å². The van der Waals surface area contributed by atoms with Gasteiger partial charge in [-0.15, -0.1) is 0 Å². The molecule has 0 bridgehead atoms. The van der Waals surface area contributed by atoms with E-state index in [1.165, 1.54) is 6.42 Å². The van der Waals surface area contributed by atoms with Gasteiger partial charge < -0.3 is 10.1 Å². The molecule has 116 valence electrons. The predicted molar refractivity (Wildman–Crippen MR) is 84.2 cm³/mol. The third-order valence-corrected chi connectivity index (χ3v) is 3.96. The summed E-state index contributed by atoms with van der Waals surface area (Å²) in [5.41, 5.74) is 1.09. The molecular weight excluding hydrogens is 264 g/mol. The Balaban J connectivity index is 1.76. The van der Waals surface area contributed by atoms with E-state index in [9.17, 15) is 4.79 Å². The van der Waals surface area contributed by atoms with Crippen molar-refractivity contribution in [1.82, 2.24) is 10.2 Å². The van der Waals surface area contributed by atoms with Crippen molar-refractivity contribution >= 4 is 5.91 Å². The van der Waals surface area contributed by atoms with Crippen molar-refractivity contribution in [3.05, 3.63) is 29.8 Å². The van der Waals surface area contributed by atoms with Crippen LogP contribution in [0.2, 0.25) is 0 Å². The summed E-state index contributed by atoms with van der Waals surface area (Å²) in [7, 11) is 1.65. The smallest absolute Gasteiger partial charge is 0.234 e. The summed E-state index contributed by atoms with van der Waals surface area (Å²) in [6, 6.07) is 7.78. The Labute approximate surface area is 127 Å². The van der Waals surface area contributed by atoms with Crippen LogP contribution in [0.1, 0.15) is 25.8 Å². The summed E-state index contributed by atoms with van der Waals surface area (Å²) in [6.07, 6.45) is 1.27. The Morgan fingerprint density at radius 1 is 1.24 bits per heavy atom. The number of likely N-dealkylation sites (tertiary alicyclic amines) is 1. The maximum absolute atomic E-state index is 12.0. The first kappa shape index (κ1) is 15.8. The van der Waals surface area contributed by atoms with Gasteiger partial charge in [0.1, 0.15) is 5.75 Å². The number of amides is 1. The summed E-state index contributed by atoms with van der Waals surface area (Å²) >= 11 is 0. The van der Waals surface area contributed by atoms with Gasteiger partial charge in [-0.25, -0.2) is 0 Å². The van der Waals surface area contributed by atoms with Crippen molar-refractivity contribution in [2.24, 2.45) is 11.8 Å². The fraction of sp³-hybridized carbons (Fsp3) is 0.588. The molecule has 4 nitrogen and oxygen atoms in total. The molecule has 1 heterocycles. The SMILES string of the molecule is COc1ccc(CNC(=O)CN2CC(C)CC(C)C2)cc1. The van der Waals surface area contributed by atoms with Gasteiger partial charge in [-0.1, -0.05) is 26.0 Å². The average Bonchev–Trinajstić information content (AvgIpc) is 2.44. The highest BCUT2D eigenvalue weighted by Gasteiger charge is 2.23. The van der Waals surface area contributed by atoms with Crippen LogP contribution in [0.3, 0.4) is 0 Å². The van der Waals surface area contributed by atoms with E-state index >= 15 is 0 Å². The number of benzene rings is 1. The van der Waals surface area contributed by atoms with Crippen LogP contribution in [-0.4, -0.2) is 37.6 Å². The molecule has 0 aliphatic carbocycles. The molecule has 1 saturated heterocycles. The molecular formula is C17H26N2O2. The van der Waals surface area contributed by atoms with Crippen molar-refractivity contribution in [2.45, 2.75) is 26.8 Å². The van der Waals surface area contributed by atoms with Gasteiger partial charge in [0.05, 0.1) is 13.7 Å². The quantitative estimate of drug-likeness (QED) is 0.904. The van der Waals surface area contributed by atoms with Gasteiger partial charge in [-0.3, -0.25) is 9.69 Å². The van der Waals surface area contributed by atoms with Gasteiger partial charge in [-0.2, -0.15) is 0 Å². The average molecular weight is 290 g/mol. The molecule has 0 saturated carbocycles. The van der Waals surface area contributed by atoms with Gasteiger partial charge in [0.2, 0.25) is 5.91 Å². The molecule has 1 aliphatic rings. The number of hydrogen-bond acceptors (Lipinski definition) is 3. The van der Waals surface area contributed by atoms with E-state index in [-0.39, 0.29) is 5.91 Å². The Hall–Kier alpha value is -1.55. The zero-order chi connectivity index (χ0) is 15.2. The first-order valence-corrected chi connectivity index (χ1v) is 7.68. The van der Waals surface area contributed by atoms with Crippen LogP contribution in [0, 0.1) is 11.8 Å². The normalized spacial score (nSPS) is 22.8. The van der Waals surface area contributed by atoms with Crippen LogP contribution in [0.5, 0.6) is 5.75 Å². The van der Waals surface area contributed by atoms with Crippen LogP contribution < -0.4 is 10.1 Å². The van der Waals surface area contributed by atoms with E-state index in [1.54, 1.807) is 7.11 Å². The Kier molecular flexibility index (Phi) is 5.62. The number of nitrogens with zero attached hydrogens (tertiary/aromatic N) is 1. The molecule has 0 spiro atoms. The first-order chi connectivity index (χ1) is 10.1. The second-order valence-corrected chi connectivity index (χ2v) is 6.26. The van der Waals surface area contributed by atoms with Gasteiger partial charge >= 0.3 is 0 Å². The lowest BCUT2D eigenvalue weighted by atomic mass is 9.92. The number of carbonyl (C=O) groups excluding carboxylic acids is 1. The topological polar surface area (TPSA) is 41.6 Å². The molecule has 2 atom stereocenters. The lowest BCUT2D eigenvalue weighted by Crippen LogP contribution is -2.44. The number of methoxy groups -OCH3 is 1. The number of ether oxygens (including phenoxy) is 1. The summed E-state index contributed by atoms with van der Waals surface area (Å²) in [4.78, 5) is 14.3. The van der Waals surface area contributed by atoms with Crippen LogP contribution in [0.25, 0.3) is 0 Å². The molecule has 0 radical (unpaired) electrons. The molecule has 2 rings (SSSR count). The summed E-state index contributed by atoms with van der Waals surface area (Å²) in [6.45, 7) is 7.66. The van der Waals surface area contributed by atoms with Crippen molar-refractivity contribution in [3.8, 4) is 5.75 Å². The number of hydrogen-bond donors (Lipinski definition) is 1. The third kappa shape index (κ3) is 5.05. The molecule has 0 aromatic heterocycles. The summed E-state index contributed by atoms with van der Waals surface area (Å²) < 4.78 is 5.12. The first-order valence-electron chi connectivity index (χ1n) is 7.68. The minimum absolute atomic E-state index is 0.104. The summed E-state index contributed by atoms with van der Waals surface area (Å²) in [5.74, 6) is 2.31. The highest BCUT2D eigenvalue weighted by molar-refractivity contribution is 5.78. The number of piperidine rings is 1. The monoisotopic (exact) mass is 290 g/mol. The molecule has 21 heavy (non-hydrogen) atoms. The molecule has 1 aromatic rings. The lowest BCUT2D eigenvalue weighted by Gasteiger charge is -2.34. The number of carbonyl (C=O) groups is 1. The Morgan fingerprint density at radius 2 is 1.86 bits per heavy atom. The van der Waals surface area contributed by atoms with Crippen LogP contribution in [-0.2, 0) is 11.3 Å². The van der Waals surface area contributed by atoms with E-state index in [0.717, 1.165) is 24.4 Å². The Morgan fingerprint density at radius 3 is 2.43 bits per heavy atom. The zero-order valence-corrected chi connectivity index (χ0v) is 13.3. The van der Waals surface area contributed by atoms with E-state index in [1.807, 2.05) is 24.3 Å². The molecule has 2 unspecified atom stereocenters. The third-order valence-electron chi connectivity index (χ3n) is 3.96. The van der Waals surface area contributed by atoms with Crippen molar-refractivity contribution in [2.75, 3.05) is 26.7 Å². The van der Waals surface area contributed by atoms with E-state index in [4.69, 9.17) is 4.74 Å². The molecule has 4 heteroatoms. The molecule has 1 fully saturated rings. The predicted octanol–water partition coefficient (Wildman–Crippen LogP) is 2.29. The van der Waals surface area contributed by atoms with Gasteiger partial charge in [0, 0.05) is 19.6 Å². The minimum Gasteiger partial charge on any atom is -0.497 e. The van der Waals surface area contributed by atoms with Crippen LogP contribution in [0.15, 0.2) is 24.3 Å². The van der Waals surface area contributed by atoms with Crippen LogP contribution >= 0.6 is 0 Å². The number of nitrogens with one attached hydrogen (secondary N) is 1. The second kappa shape index (κ2) is 7.46. The number of rotatable bonds is 5. The van der Waals surface area contributed by atoms with Gasteiger partial charge in [0.15, 0.2) is 0 Å². The van der Waals surface area contributed by atoms with Crippen molar-refractivity contribution in [1.29, 1.82) is 0 Å². The molecule has 1 amide bonds. The molecule has 1 aliphatic heterocycles. The van der Waals surface area contributed by atoms with Crippen molar-refractivity contribution in [3.63, 3.8) is 0 Å². The lowest BCUT2D eigenvalue weighted by molar-refractivity contribution is -0.123. The fourth-order valence-corrected chi connectivity index (χ4v) is 3.12. The minimum atomic E-state index is 0.104. The maximum Gasteiger partial charge on any atom is 0.234 e. The molecule has 1 N–H and O–H groups in total. The standard InChI is InChI=1S/C17H26N2O2/c1-13-8-14(2)11-19(10-13)12-17(20)18-9-15-4-6-16(21-3)7-5-15/h4-7,13-14H,8-12H2,1-3H3,(H,18,20). The highest BCUT2D eigenvalue weighted by atomic mass is 16.5. The van der Waals surface area contributed by atoms with E-state index in [0.29, 0.717) is 24.9 Å². The van der Waals surface area contributed by atoms with Crippen molar-refractivity contribution < 1.29 is 9.53 Å². The van der Waals surface area contributed by atoms with Gasteiger partial charge in [0.25, 0.3) is 0 Å². The van der Waals surface area contributed by atoms with Crippen LogP contribution in [0.4, 0.5) is 0 Å². The fourth-order valence-electron chi connectivity index (χ4n) is 3.12. The second-order valence-electron chi connectivity index (χ2n) is 6.26. The Bertz CT molecular complexity index is 448. The van der Waals surface area contributed by atoms with Gasteiger partial charge in [-0.05, 0) is 36.0 Å². The zero-order valence-electron chi connectivity index (χ0n) is 13.3. The highest BCUT2D eigenvalue weighted by Crippen LogP contribution is 2.20. The maximum atomic E-state index is 12.0. The molecule has 1 aromatic carbocycles.